The second-order valence-corrected chi connectivity index (χ2v) is 4.78. The molecule has 0 aromatic heterocycles. The third kappa shape index (κ3) is 4.74. The quantitative estimate of drug-likeness (QED) is 0.415. The molecule has 0 bridgehead atoms. The van der Waals surface area contributed by atoms with Crippen LogP contribution in [-0.4, -0.2) is 22.2 Å². The van der Waals surface area contributed by atoms with E-state index in [1.807, 2.05) is 31.2 Å². The summed E-state index contributed by atoms with van der Waals surface area (Å²) in [6, 6.07) is 7.51. The summed E-state index contributed by atoms with van der Waals surface area (Å²) in [7, 11) is -3.99. The Morgan fingerprint density at radius 2 is 2.13 bits per heavy atom. The summed E-state index contributed by atoms with van der Waals surface area (Å²) in [5.74, 6) is 0. The number of aryl methyl sites for hydroxylation is 1. The molecule has 5 nitrogen and oxygen atoms in total. The number of para-hydroxylation sites is 1. The van der Waals surface area contributed by atoms with Gasteiger partial charge in [0.25, 0.3) is 0 Å². The first-order chi connectivity index (χ1) is 6.99. The van der Waals surface area contributed by atoms with Crippen LogP contribution in [0.3, 0.4) is 0 Å². The molecule has 0 amide bonds. The number of hydrazone groups is 1. The molecule has 0 saturated heterocycles. The highest BCUT2D eigenvalue weighted by molar-refractivity contribution is 7.52. The normalized spacial score (nSPS) is 11.9. The second-order valence-electron chi connectivity index (χ2n) is 3.09. The van der Waals surface area contributed by atoms with E-state index in [4.69, 9.17) is 9.79 Å². The monoisotopic (exact) mass is 228 g/mol. The van der Waals surface area contributed by atoms with Crippen molar-refractivity contribution in [1.82, 2.24) is 0 Å². The number of nitrogens with zero attached hydrogens (tertiary/aromatic N) is 1. The topological polar surface area (TPSA) is 81.9 Å². The lowest BCUT2D eigenvalue weighted by atomic mass is 10.2. The summed E-state index contributed by atoms with van der Waals surface area (Å²) in [4.78, 5) is 17.1. The molecule has 0 aliphatic heterocycles. The number of nitrogens with one attached hydrogen (secondary N) is 1. The second kappa shape index (κ2) is 5.07. The molecule has 0 fully saturated rings. The molecule has 0 saturated carbocycles. The zero-order valence-corrected chi connectivity index (χ0v) is 9.19. The third-order valence-corrected chi connectivity index (χ3v) is 2.38. The highest BCUT2D eigenvalue weighted by Crippen LogP contribution is 2.32. The molecular formula is C9H13N2O3P. The van der Waals surface area contributed by atoms with E-state index in [0.29, 0.717) is 0 Å². The Morgan fingerprint density at radius 1 is 1.47 bits per heavy atom. The van der Waals surface area contributed by atoms with Gasteiger partial charge in [-0.1, -0.05) is 18.2 Å². The van der Waals surface area contributed by atoms with E-state index in [1.165, 1.54) is 6.21 Å². The predicted octanol–water partition coefficient (Wildman–Crippen LogP) is 1.57. The van der Waals surface area contributed by atoms with Crippen molar-refractivity contribution in [3.8, 4) is 0 Å². The summed E-state index contributed by atoms with van der Waals surface area (Å²) in [5, 5.41) is 3.72. The highest BCUT2D eigenvalue weighted by atomic mass is 31.2. The molecule has 0 aliphatic carbocycles. The van der Waals surface area contributed by atoms with Gasteiger partial charge in [0, 0.05) is 6.21 Å². The van der Waals surface area contributed by atoms with Gasteiger partial charge >= 0.3 is 7.60 Å². The molecule has 0 unspecified atom stereocenters. The molecule has 1 aromatic rings. The zero-order valence-electron chi connectivity index (χ0n) is 8.29. The fraction of sp³-hybridized carbons (Fsp3) is 0.222. The largest absolute Gasteiger partial charge is 0.330 e. The van der Waals surface area contributed by atoms with E-state index >= 15 is 0 Å². The van der Waals surface area contributed by atoms with Crippen molar-refractivity contribution in [3.63, 3.8) is 0 Å². The van der Waals surface area contributed by atoms with Crippen LogP contribution in [0, 0.1) is 6.92 Å². The SMILES string of the molecule is Cc1ccccc1NN=CCP(=O)(O)O. The molecule has 0 atom stereocenters. The first kappa shape index (κ1) is 11.9. The number of rotatable bonds is 4. The average molecular weight is 228 g/mol. The van der Waals surface area contributed by atoms with Crippen LogP contribution in [0.4, 0.5) is 5.69 Å². The van der Waals surface area contributed by atoms with Crippen molar-refractivity contribution in [3.05, 3.63) is 29.8 Å². The summed E-state index contributed by atoms with van der Waals surface area (Å²) >= 11 is 0. The van der Waals surface area contributed by atoms with E-state index in [0.717, 1.165) is 11.3 Å². The van der Waals surface area contributed by atoms with Gasteiger partial charge in [-0.2, -0.15) is 5.10 Å². The molecule has 15 heavy (non-hydrogen) atoms. The van der Waals surface area contributed by atoms with E-state index in [9.17, 15) is 4.57 Å². The number of hydrogen-bond acceptors (Lipinski definition) is 3. The summed E-state index contributed by atoms with van der Waals surface area (Å²) in [6.45, 7) is 1.92. The van der Waals surface area contributed by atoms with Gasteiger partial charge in [0.15, 0.2) is 0 Å². The molecule has 3 N–H and O–H groups in total. The first-order valence-electron chi connectivity index (χ1n) is 4.37. The minimum absolute atomic E-state index is 0.355. The Kier molecular flexibility index (Phi) is 4.03. The lowest BCUT2D eigenvalue weighted by Gasteiger charge is -2.03. The Hall–Kier alpha value is -1.16. The minimum Gasteiger partial charge on any atom is -0.324 e. The molecule has 0 spiro atoms. The average Bonchev–Trinajstić information content (AvgIpc) is 2.13. The van der Waals surface area contributed by atoms with Crippen molar-refractivity contribution in [2.75, 3.05) is 11.6 Å². The lowest BCUT2D eigenvalue weighted by molar-refractivity contribution is 0.378. The Bertz CT molecular complexity index is 400. The fourth-order valence-electron chi connectivity index (χ4n) is 0.961. The summed E-state index contributed by atoms with van der Waals surface area (Å²) in [5.41, 5.74) is 4.55. The van der Waals surface area contributed by atoms with E-state index in [1.54, 1.807) is 0 Å². The maximum atomic E-state index is 10.5. The predicted molar refractivity (Wildman–Crippen MR) is 60.2 cm³/mol. The summed E-state index contributed by atoms with van der Waals surface area (Å²) in [6.07, 6.45) is 0.819. The number of benzene rings is 1. The minimum atomic E-state index is -3.99. The van der Waals surface area contributed by atoms with Crippen molar-refractivity contribution >= 4 is 19.5 Å². The van der Waals surface area contributed by atoms with Crippen LogP contribution in [0.25, 0.3) is 0 Å². The van der Waals surface area contributed by atoms with Crippen LogP contribution in [0.2, 0.25) is 0 Å². The highest BCUT2D eigenvalue weighted by Gasteiger charge is 2.09. The Morgan fingerprint density at radius 3 is 2.73 bits per heavy atom. The van der Waals surface area contributed by atoms with Gasteiger partial charge < -0.3 is 9.79 Å². The van der Waals surface area contributed by atoms with Crippen molar-refractivity contribution < 1.29 is 14.4 Å². The molecule has 0 radical (unpaired) electrons. The fourth-order valence-corrected chi connectivity index (χ4v) is 1.26. The van der Waals surface area contributed by atoms with Crippen LogP contribution < -0.4 is 5.43 Å². The van der Waals surface area contributed by atoms with Crippen molar-refractivity contribution in [2.24, 2.45) is 5.10 Å². The Balaban J connectivity index is 2.51. The van der Waals surface area contributed by atoms with E-state index in [2.05, 4.69) is 10.5 Å². The van der Waals surface area contributed by atoms with Gasteiger partial charge in [-0.3, -0.25) is 9.99 Å². The summed E-state index contributed by atoms with van der Waals surface area (Å²) < 4.78 is 10.5. The number of hydrogen-bond donors (Lipinski definition) is 3. The van der Waals surface area contributed by atoms with E-state index in [-0.39, 0.29) is 6.16 Å². The van der Waals surface area contributed by atoms with Crippen LogP contribution in [0.5, 0.6) is 0 Å². The maximum Gasteiger partial charge on any atom is 0.330 e. The smallest absolute Gasteiger partial charge is 0.324 e. The van der Waals surface area contributed by atoms with Gasteiger partial charge in [0.05, 0.1) is 11.8 Å². The van der Waals surface area contributed by atoms with Gasteiger partial charge in [-0.25, -0.2) is 0 Å². The van der Waals surface area contributed by atoms with Gasteiger partial charge in [0.1, 0.15) is 0 Å². The molecule has 6 heteroatoms. The van der Waals surface area contributed by atoms with Crippen molar-refractivity contribution in [1.29, 1.82) is 0 Å². The number of anilines is 1. The Labute approximate surface area is 88.0 Å². The van der Waals surface area contributed by atoms with Crippen LogP contribution in [0.15, 0.2) is 29.4 Å². The molecule has 82 valence electrons. The van der Waals surface area contributed by atoms with E-state index < -0.39 is 7.60 Å². The molecular weight excluding hydrogens is 215 g/mol. The molecule has 0 heterocycles. The first-order valence-corrected chi connectivity index (χ1v) is 6.16. The van der Waals surface area contributed by atoms with Crippen LogP contribution in [0.1, 0.15) is 5.56 Å². The van der Waals surface area contributed by atoms with Crippen LogP contribution >= 0.6 is 7.60 Å². The lowest BCUT2D eigenvalue weighted by Crippen LogP contribution is -1.95. The van der Waals surface area contributed by atoms with Crippen molar-refractivity contribution in [2.45, 2.75) is 6.92 Å². The third-order valence-electron chi connectivity index (χ3n) is 1.74. The van der Waals surface area contributed by atoms with Gasteiger partial charge in [0.2, 0.25) is 0 Å². The molecule has 1 rings (SSSR count). The standard InChI is InChI=1S/C9H13N2O3P/c1-8-4-2-3-5-9(8)11-10-6-7-15(12,13)14/h2-6,11H,7H2,1H3,(H2,12,13,14). The maximum absolute atomic E-state index is 10.5. The zero-order chi connectivity index (χ0) is 11.3. The van der Waals surface area contributed by atoms with Gasteiger partial charge in [-0.05, 0) is 18.6 Å². The molecule has 1 aromatic carbocycles. The van der Waals surface area contributed by atoms with Crippen LogP contribution in [-0.2, 0) is 4.57 Å². The molecule has 0 aliphatic rings. The van der Waals surface area contributed by atoms with Gasteiger partial charge in [-0.15, -0.1) is 0 Å².